The normalized spacial score (nSPS) is 22.7. The molecule has 0 radical (unpaired) electrons. The van der Waals surface area contributed by atoms with Crippen molar-refractivity contribution in [3.63, 3.8) is 0 Å². The van der Waals surface area contributed by atoms with Crippen LogP contribution < -0.4 is 5.73 Å². The number of hydrogen-bond donors (Lipinski definition) is 2. The van der Waals surface area contributed by atoms with Crippen LogP contribution in [0.3, 0.4) is 0 Å². The van der Waals surface area contributed by atoms with Gasteiger partial charge in [-0.15, -0.1) is 0 Å². The first-order valence-electron chi connectivity index (χ1n) is 7.20. The van der Waals surface area contributed by atoms with Gasteiger partial charge < -0.3 is 15.4 Å². The van der Waals surface area contributed by atoms with Gasteiger partial charge in [-0.1, -0.05) is 6.07 Å². The molecule has 2 unspecified atom stereocenters. The molecule has 1 fully saturated rings. The van der Waals surface area contributed by atoms with Crippen LogP contribution in [0.25, 0.3) is 10.9 Å². The zero-order valence-corrected chi connectivity index (χ0v) is 12.1. The summed E-state index contributed by atoms with van der Waals surface area (Å²) in [5.74, 6) is 0.0245. The molecular weight excluding hydrogens is 268 g/mol. The minimum atomic E-state index is 0.0245. The molecule has 1 aliphatic heterocycles. The Labute approximate surface area is 123 Å². The largest absolute Gasteiger partial charge is 0.381 e. The van der Waals surface area contributed by atoms with Gasteiger partial charge in [0, 0.05) is 37.2 Å². The molecule has 2 heterocycles. The number of ether oxygens (including phenoxy) is 1. The van der Waals surface area contributed by atoms with Crippen molar-refractivity contribution in [2.45, 2.75) is 25.0 Å². The topological polar surface area (TPSA) is 84.2 Å². The molecule has 0 bridgehead atoms. The van der Waals surface area contributed by atoms with Gasteiger partial charge in [-0.2, -0.15) is 5.10 Å². The van der Waals surface area contributed by atoms with Crippen LogP contribution in [-0.4, -0.2) is 53.3 Å². The maximum atomic E-state index is 12.7. The summed E-state index contributed by atoms with van der Waals surface area (Å²) >= 11 is 0. The summed E-state index contributed by atoms with van der Waals surface area (Å²) in [6.07, 6.45) is 3.59. The van der Waals surface area contributed by atoms with Crippen molar-refractivity contribution in [3.8, 4) is 0 Å². The van der Waals surface area contributed by atoms with Gasteiger partial charge in [0.1, 0.15) is 0 Å². The number of benzene rings is 1. The zero-order valence-electron chi connectivity index (χ0n) is 12.1. The quantitative estimate of drug-likeness (QED) is 0.887. The number of nitrogens with zero attached hydrogens (tertiary/aromatic N) is 2. The second-order valence-corrected chi connectivity index (χ2v) is 5.44. The predicted octanol–water partition coefficient (Wildman–Crippen LogP) is 1.14. The first kappa shape index (κ1) is 14.0. The summed E-state index contributed by atoms with van der Waals surface area (Å²) in [4.78, 5) is 14.6. The molecule has 112 valence electrons. The van der Waals surface area contributed by atoms with Crippen LogP contribution in [0.4, 0.5) is 0 Å². The summed E-state index contributed by atoms with van der Waals surface area (Å²) in [5.41, 5.74) is 7.37. The van der Waals surface area contributed by atoms with E-state index in [-0.39, 0.29) is 18.1 Å². The number of H-pyrrole nitrogens is 1. The number of aromatic nitrogens is 2. The standard InChI is InChI=1S/C15H20N4O2/c1-21-13-4-5-19(12(7-13)8-16)15(20)10-2-3-11-9-17-18-14(11)6-10/h2-3,6,9,12-13H,4-5,7-8,16H2,1H3,(H,17,18). The number of methoxy groups -OCH3 is 1. The lowest BCUT2D eigenvalue weighted by molar-refractivity contribution is 0.0139. The zero-order chi connectivity index (χ0) is 14.8. The van der Waals surface area contributed by atoms with Gasteiger partial charge in [-0.05, 0) is 25.0 Å². The van der Waals surface area contributed by atoms with E-state index in [0.717, 1.165) is 23.7 Å². The number of aromatic amines is 1. The Bertz CT molecular complexity index is 639. The summed E-state index contributed by atoms with van der Waals surface area (Å²) in [5, 5.41) is 7.87. The van der Waals surface area contributed by atoms with Crippen molar-refractivity contribution in [3.05, 3.63) is 30.0 Å². The molecule has 3 N–H and O–H groups in total. The molecule has 0 spiro atoms. The van der Waals surface area contributed by atoms with E-state index < -0.39 is 0 Å². The molecule has 0 aliphatic carbocycles. The highest BCUT2D eigenvalue weighted by Crippen LogP contribution is 2.22. The predicted molar refractivity (Wildman–Crippen MR) is 80.0 cm³/mol. The van der Waals surface area contributed by atoms with E-state index in [9.17, 15) is 4.79 Å². The number of piperidine rings is 1. The first-order chi connectivity index (χ1) is 10.2. The van der Waals surface area contributed by atoms with E-state index in [2.05, 4.69) is 10.2 Å². The van der Waals surface area contributed by atoms with Crippen molar-refractivity contribution in [2.75, 3.05) is 20.2 Å². The van der Waals surface area contributed by atoms with Gasteiger partial charge >= 0.3 is 0 Å². The van der Waals surface area contributed by atoms with E-state index in [1.165, 1.54) is 0 Å². The smallest absolute Gasteiger partial charge is 0.254 e. The Morgan fingerprint density at radius 3 is 3.19 bits per heavy atom. The number of likely N-dealkylation sites (tertiary alicyclic amines) is 1. The number of nitrogens with two attached hydrogens (primary N) is 1. The van der Waals surface area contributed by atoms with E-state index in [1.807, 2.05) is 23.1 Å². The maximum absolute atomic E-state index is 12.7. The van der Waals surface area contributed by atoms with E-state index in [0.29, 0.717) is 18.7 Å². The lowest BCUT2D eigenvalue weighted by Gasteiger charge is -2.38. The van der Waals surface area contributed by atoms with E-state index >= 15 is 0 Å². The van der Waals surface area contributed by atoms with Gasteiger partial charge in [-0.25, -0.2) is 0 Å². The number of carbonyl (C=O) groups excluding carboxylic acids is 1. The highest BCUT2D eigenvalue weighted by molar-refractivity contribution is 5.98. The van der Waals surface area contributed by atoms with Crippen molar-refractivity contribution >= 4 is 16.8 Å². The molecule has 6 nitrogen and oxygen atoms in total. The van der Waals surface area contributed by atoms with Crippen LogP contribution in [0.1, 0.15) is 23.2 Å². The van der Waals surface area contributed by atoms with Crippen LogP contribution >= 0.6 is 0 Å². The Morgan fingerprint density at radius 1 is 1.57 bits per heavy atom. The fourth-order valence-corrected chi connectivity index (χ4v) is 2.96. The van der Waals surface area contributed by atoms with Crippen molar-refractivity contribution < 1.29 is 9.53 Å². The average Bonchev–Trinajstić information content (AvgIpc) is 3.01. The summed E-state index contributed by atoms with van der Waals surface area (Å²) in [7, 11) is 1.71. The Balaban J connectivity index is 1.83. The molecule has 3 rings (SSSR count). The minimum absolute atomic E-state index is 0.0245. The van der Waals surface area contributed by atoms with Gasteiger partial charge in [0.25, 0.3) is 5.91 Å². The summed E-state index contributed by atoms with van der Waals surface area (Å²) in [6, 6.07) is 5.64. The highest BCUT2D eigenvalue weighted by Gasteiger charge is 2.31. The van der Waals surface area contributed by atoms with Crippen LogP contribution in [-0.2, 0) is 4.74 Å². The lowest BCUT2D eigenvalue weighted by Crippen LogP contribution is -2.51. The Morgan fingerprint density at radius 2 is 2.43 bits per heavy atom. The number of fused-ring (bicyclic) bond motifs is 1. The van der Waals surface area contributed by atoms with Gasteiger partial charge in [0.2, 0.25) is 0 Å². The van der Waals surface area contributed by atoms with Gasteiger partial charge in [0.15, 0.2) is 0 Å². The molecule has 6 heteroatoms. The molecule has 1 aromatic carbocycles. The second kappa shape index (κ2) is 5.83. The Hall–Kier alpha value is -1.92. The van der Waals surface area contributed by atoms with Crippen LogP contribution in [0.15, 0.2) is 24.4 Å². The van der Waals surface area contributed by atoms with Crippen molar-refractivity contribution in [1.82, 2.24) is 15.1 Å². The molecule has 1 saturated heterocycles. The molecule has 2 atom stereocenters. The molecular formula is C15H20N4O2. The number of hydrogen-bond acceptors (Lipinski definition) is 4. The molecule has 0 saturated carbocycles. The number of amides is 1. The van der Waals surface area contributed by atoms with Crippen LogP contribution in [0.2, 0.25) is 0 Å². The van der Waals surface area contributed by atoms with Crippen molar-refractivity contribution in [1.29, 1.82) is 0 Å². The molecule has 1 aromatic heterocycles. The first-order valence-corrected chi connectivity index (χ1v) is 7.20. The molecule has 1 aliphatic rings. The second-order valence-electron chi connectivity index (χ2n) is 5.44. The third-order valence-corrected chi connectivity index (χ3v) is 4.22. The van der Waals surface area contributed by atoms with Crippen molar-refractivity contribution in [2.24, 2.45) is 5.73 Å². The number of carbonyl (C=O) groups is 1. The SMILES string of the molecule is COC1CCN(C(=O)c2ccc3cn[nH]c3c2)C(CN)C1. The third-order valence-electron chi connectivity index (χ3n) is 4.22. The van der Waals surface area contributed by atoms with Gasteiger partial charge in [-0.3, -0.25) is 9.89 Å². The Kier molecular flexibility index (Phi) is 3.90. The fraction of sp³-hybridized carbons (Fsp3) is 0.467. The van der Waals surface area contributed by atoms with Gasteiger partial charge in [0.05, 0.1) is 17.8 Å². The third kappa shape index (κ3) is 2.64. The monoisotopic (exact) mass is 288 g/mol. The molecule has 21 heavy (non-hydrogen) atoms. The summed E-state index contributed by atoms with van der Waals surface area (Å²) in [6.45, 7) is 1.14. The lowest BCUT2D eigenvalue weighted by atomic mass is 9.98. The van der Waals surface area contributed by atoms with E-state index in [1.54, 1.807) is 13.3 Å². The van der Waals surface area contributed by atoms with E-state index in [4.69, 9.17) is 10.5 Å². The maximum Gasteiger partial charge on any atom is 0.254 e. The molecule has 2 aromatic rings. The number of rotatable bonds is 3. The molecule has 1 amide bonds. The van der Waals surface area contributed by atoms with Crippen LogP contribution in [0, 0.1) is 0 Å². The fourth-order valence-electron chi connectivity index (χ4n) is 2.96. The summed E-state index contributed by atoms with van der Waals surface area (Å²) < 4.78 is 5.40. The van der Waals surface area contributed by atoms with Crippen LogP contribution in [0.5, 0.6) is 0 Å². The number of nitrogens with one attached hydrogen (secondary N) is 1. The highest BCUT2D eigenvalue weighted by atomic mass is 16.5. The average molecular weight is 288 g/mol. The minimum Gasteiger partial charge on any atom is -0.381 e.